The Bertz CT molecular complexity index is 789. The third-order valence-corrected chi connectivity index (χ3v) is 6.32. The van der Waals surface area contributed by atoms with Crippen molar-refractivity contribution in [2.45, 2.75) is 32.1 Å². The molecule has 1 unspecified atom stereocenters. The van der Waals surface area contributed by atoms with E-state index in [0.29, 0.717) is 0 Å². The van der Waals surface area contributed by atoms with Crippen LogP contribution in [0.3, 0.4) is 0 Å². The van der Waals surface area contributed by atoms with E-state index in [1.54, 1.807) is 0 Å². The zero-order valence-corrected chi connectivity index (χ0v) is 17.2. The maximum absolute atomic E-state index is 4.56. The molecule has 150 valence electrons. The lowest BCUT2D eigenvalue weighted by molar-refractivity contribution is 0.198. The molecule has 0 aliphatic carbocycles. The molecule has 2 fully saturated rings. The van der Waals surface area contributed by atoms with Crippen molar-refractivity contribution in [1.29, 1.82) is 0 Å². The zero-order valence-electron chi connectivity index (χ0n) is 17.2. The Hall–Kier alpha value is -2.07. The van der Waals surface area contributed by atoms with E-state index in [1.165, 1.54) is 61.7 Å². The van der Waals surface area contributed by atoms with E-state index >= 15 is 0 Å². The molecule has 2 heterocycles. The second kappa shape index (κ2) is 9.42. The van der Waals surface area contributed by atoms with E-state index < -0.39 is 0 Å². The molecule has 0 bridgehead atoms. The number of guanidine groups is 1. The molecule has 2 aliphatic heterocycles. The summed E-state index contributed by atoms with van der Waals surface area (Å²) in [7, 11) is 1.91. The van der Waals surface area contributed by atoms with Crippen molar-refractivity contribution in [2.24, 2.45) is 10.9 Å². The lowest BCUT2D eigenvalue weighted by Gasteiger charge is -2.29. The van der Waals surface area contributed by atoms with E-state index in [2.05, 4.69) is 62.6 Å². The van der Waals surface area contributed by atoms with E-state index in [0.717, 1.165) is 37.9 Å². The van der Waals surface area contributed by atoms with Gasteiger partial charge in [-0.1, -0.05) is 48.9 Å². The van der Waals surface area contributed by atoms with E-state index in [4.69, 9.17) is 0 Å². The summed E-state index contributed by atoms with van der Waals surface area (Å²) in [5.41, 5.74) is 1.41. The standard InChI is InChI=1S/C24H34N4/c1-25-24(28-17-13-20(19-28)18-27-15-5-2-6-16-27)26-14-12-22-10-7-9-21-8-3-4-11-23(21)22/h3-4,7-11,20H,2,5-6,12-19H2,1H3,(H,25,26). The maximum atomic E-state index is 4.56. The van der Waals surface area contributed by atoms with Crippen molar-refractivity contribution in [1.82, 2.24) is 15.1 Å². The summed E-state index contributed by atoms with van der Waals surface area (Å²) in [6.45, 7) is 7.07. The van der Waals surface area contributed by atoms with E-state index in [1.807, 2.05) is 7.05 Å². The summed E-state index contributed by atoms with van der Waals surface area (Å²) in [6.07, 6.45) is 6.49. The van der Waals surface area contributed by atoms with Gasteiger partial charge in [-0.25, -0.2) is 0 Å². The first-order valence-electron chi connectivity index (χ1n) is 11.0. The first kappa shape index (κ1) is 19.3. The number of nitrogens with one attached hydrogen (secondary N) is 1. The van der Waals surface area contributed by atoms with Crippen LogP contribution < -0.4 is 5.32 Å². The minimum atomic E-state index is 0.787. The quantitative estimate of drug-likeness (QED) is 0.635. The van der Waals surface area contributed by atoms with Crippen LogP contribution in [0.2, 0.25) is 0 Å². The summed E-state index contributed by atoms with van der Waals surface area (Å²) < 4.78 is 0. The monoisotopic (exact) mass is 378 g/mol. The molecule has 4 nitrogen and oxygen atoms in total. The van der Waals surface area contributed by atoms with Gasteiger partial charge in [0.1, 0.15) is 0 Å². The van der Waals surface area contributed by atoms with Crippen LogP contribution in [-0.2, 0) is 6.42 Å². The average molecular weight is 379 g/mol. The Labute approximate surface area is 169 Å². The molecule has 2 aliphatic rings. The highest BCUT2D eigenvalue weighted by molar-refractivity contribution is 5.85. The maximum Gasteiger partial charge on any atom is 0.193 e. The number of hydrogen-bond donors (Lipinski definition) is 1. The SMILES string of the molecule is CN=C(NCCc1cccc2ccccc12)N1CCC(CN2CCCCC2)C1. The highest BCUT2D eigenvalue weighted by atomic mass is 15.3. The van der Waals surface area contributed by atoms with Gasteiger partial charge in [-0.3, -0.25) is 4.99 Å². The molecule has 1 N–H and O–H groups in total. The predicted molar refractivity (Wildman–Crippen MR) is 119 cm³/mol. The molecule has 0 aromatic heterocycles. The van der Waals surface area contributed by atoms with Gasteiger partial charge in [0.15, 0.2) is 5.96 Å². The van der Waals surface area contributed by atoms with Crippen LogP contribution in [0.1, 0.15) is 31.2 Å². The van der Waals surface area contributed by atoms with Crippen LogP contribution in [0.4, 0.5) is 0 Å². The summed E-state index contributed by atoms with van der Waals surface area (Å²) in [5, 5.41) is 6.30. The van der Waals surface area contributed by atoms with Gasteiger partial charge in [0.2, 0.25) is 0 Å². The number of rotatable bonds is 5. The Balaban J connectivity index is 1.28. The van der Waals surface area contributed by atoms with Gasteiger partial charge < -0.3 is 15.1 Å². The highest BCUT2D eigenvalue weighted by Gasteiger charge is 2.26. The molecule has 2 aromatic carbocycles. The van der Waals surface area contributed by atoms with Crippen LogP contribution in [-0.4, -0.2) is 62.1 Å². The lowest BCUT2D eigenvalue weighted by Crippen LogP contribution is -2.42. The Morgan fingerprint density at radius 3 is 2.71 bits per heavy atom. The molecule has 0 amide bonds. The van der Waals surface area contributed by atoms with Gasteiger partial charge in [-0.2, -0.15) is 0 Å². The van der Waals surface area contributed by atoms with Crippen LogP contribution in [0, 0.1) is 5.92 Å². The fourth-order valence-corrected chi connectivity index (χ4v) is 4.83. The molecule has 2 saturated heterocycles. The smallest absolute Gasteiger partial charge is 0.193 e. The first-order valence-corrected chi connectivity index (χ1v) is 11.0. The zero-order chi connectivity index (χ0) is 19.2. The number of piperidine rings is 1. The van der Waals surface area contributed by atoms with Crippen molar-refractivity contribution in [3.05, 3.63) is 48.0 Å². The van der Waals surface area contributed by atoms with Gasteiger partial charge in [0, 0.05) is 33.2 Å². The van der Waals surface area contributed by atoms with Gasteiger partial charge >= 0.3 is 0 Å². The second-order valence-corrected chi connectivity index (χ2v) is 8.32. The highest BCUT2D eigenvalue weighted by Crippen LogP contribution is 2.21. The number of aliphatic imine (C=N–C) groups is 1. The average Bonchev–Trinajstić information content (AvgIpc) is 3.20. The topological polar surface area (TPSA) is 30.9 Å². The Morgan fingerprint density at radius 2 is 1.86 bits per heavy atom. The normalized spacial score (nSPS) is 21.4. The van der Waals surface area contributed by atoms with Gasteiger partial charge in [0.05, 0.1) is 0 Å². The molecule has 4 rings (SSSR count). The molecule has 28 heavy (non-hydrogen) atoms. The van der Waals surface area contributed by atoms with Crippen molar-refractivity contribution in [3.8, 4) is 0 Å². The third-order valence-electron chi connectivity index (χ3n) is 6.32. The summed E-state index contributed by atoms with van der Waals surface area (Å²) in [5.74, 6) is 1.86. The Kier molecular flexibility index (Phi) is 6.48. The summed E-state index contributed by atoms with van der Waals surface area (Å²) in [6, 6.07) is 15.3. The Morgan fingerprint density at radius 1 is 1.04 bits per heavy atom. The number of benzene rings is 2. The van der Waals surface area contributed by atoms with Gasteiger partial charge in [-0.15, -0.1) is 0 Å². The van der Waals surface area contributed by atoms with Crippen LogP contribution in [0.15, 0.2) is 47.5 Å². The summed E-state index contributed by atoms with van der Waals surface area (Å²) in [4.78, 5) is 9.69. The fourth-order valence-electron chi connectivity index (χ4n) is 4.83. The number of likely N-dealkylation sites (tertiary alicyclic amines) is 2. The van der Waals surface area contributed by atoms with Crippen molar-refractivity contribution in [3.63, 3.8) is 0 Å². The molecule has 0 saturated carbocycles. The molecule has 1 atom stereocenters. The molecular formula is C24H34N4. The summed E-state index contributed by atoms with van der Waals surface area (Å²) >= 11 is 0. The minimum absolute atomic E-state index is 0.787. The number of nitrogens with zero attached hydrogens (tertiary/aromatic N) is 3. The molecule has 0 spiro atoms. The van der Waals surface area contributed by atoms with Crippen molar-refractivity contribution in [2.75, 3.05) is 46.3 Å². The molecule has 0 radical (unpaired) electrons. The van der Waals surface area contributed by atoms with Gasteiger partial charge in [-0.05, 0) is 61.0 Å². The third kappa shape index (κ3) is 4.67. The molecule has 2 aromatic rings. The minimum Gasteiger partial charge on any atom is -0.356 e. The largest absolute Gasteiger partial charge is 0.356 e. The lowest BCUT2D eigenvalue weighted by atomic mass is 10.0. The predicted octanol–water partition coefficient (Wildman–Crippen LogP) is 3.77. The second-order valence-electron chi connectivity index (χ2n) is 8.32. The van der Waals surface area contributed by atoms with Crippen molar-refractivity contribution >= 4 is 16.7 Å². The van der Waals surface area contributed by atoms with E-state index in [9.17, 15) is 0 Å². The molecular weight excluding hydrogens is 344 g/mol. The van der Waals surface area contributed by atoms with Crippen LogP contribution in [0.25, 0.3) is 10.8 Å². The van der Waals surface area contributed by atoms with Gasteiger partial charge in [0.25, 0.3) is 0 Å². The van der Waals surface area contributed by atoms with Crippen LogP contribution in [0.5, 0.6) is 0 Å². The molecule has 4 heteroatoms. The van der Waals surface area contributed by atoms with Crippen LogP contribution >= 0.6 is 0 Å². The fraction of sp³-hybridized carbons (Fsp3) is 0.542. The number of fused-ring (bicyclic) bond motifs is 1. The van der Waals surface area contributed by atoms with E-state index in [-0.39, 0.29) is 0 Å². The number of hydrogen-bond acceptors (Lipinski definition) is 2. The first-order chi connectivity index (χ1) is 13.8. The van der Waals surface area contributed by atoms with Crippen molar-refractivity contribution < 1.29 is 0 Å².